The molecule has 148 valence electrons. The molecule has 7 nitrogen and oxygen atoms in total. The van der Waals surface area contributed by atoms with Crippen LogP contribution in [0, 0.1) is 0 Å². The molecule has 0 aliphatic carbocycles. The first-order valence-electron chi connectivity index (χ1n) is 8.68. The van der Waals surface area contributed by atoms with Crippen LogP contribution in [0.4, 0.5) is 5.69 Å². The van der Waals surface area contributed by atoms with Crippen LogP contribution in [0.15, 0.2) is 88.9 Å². The molecule has 0 saturated heterocycles. The van der Waals surface area contributed by atoms with Gasteiger partial charge in [-0.25, -0.2) is 13.8 Å². The molecular weight excluding hydrogens is 390 g/mol. The summed E-state index contributed by atoms with van der Waals surface area (Å²) in [4.78, 5) is 12.3. The van der Waals surface area contributed by atoms with Gasteiger partial charge in [0.15, 0.2) is 0 Å². The molecule has 0 radical (unpaired) electrons. The number of para-hydroxylation sites is 1. The zero-order valence-electron chi connectivity index (χ0n) is 15.5. The van der Waals surface area contributed by atoms with E-state index in [4.69, 9.17) is 0 Å². The highest BCUT2D eigenvalue weighted by atomic mass is 32.2. The van der Waals surface area contributed by atoms with Crippen LogP contribution in [0.25, 0.3) is 0 Å². The number of nitrogens with zero attached hydrogens (tertiary/aromatic N) is 1. The van der Waals surface area contributed by atoms with E-state index in [-0.39, 0.29) is 16.2 Å². The van der Waals surface area contributed by atoms with Crippen LogP contribution in [0.3, 0.4) is 0 Å². The van der Waals surface area contributed by atoms with Gasteiger partial charge in [0.2, 0.25) is 0 Å². The second-order valence-electron chi connectivity index (χ2n) is 6.15. The standard InChI is InChI=1S/C21H19N3O4S/c1-15(22-23-21(26)19-12-5-6-13-20(19)25)16-8-7-9-17(14-16)24-29(27,28)18-10-3-2-4-11-18/h2-14,24-25H,1H3,(H,23,26)/b22-15-. The van der Waals surface area contributed by atoms with Crippen molar-refractivity contribution in [2.75, 3.05) is 4.72 Å². The fourth-order valence-electron chi connectivity index (χ4n) is 2.55. The Hall–Kier alpha value is -3.65. The second kappa shape index (κ2) is 8.57. The Morgan fingerprint density at radius 3 is 2.34 bits per heavy atom. The molecule has 0 atom stereocenters. The van der Waals surface area contributed by atoms with Gasteiger partial charge in [-0.1, -0.05) is 42.5 Å². The molecule has 0 aromatic heterocycles. The molecule has 1 amide bonds. The molecule has 3 rings (SSSR count). The third kappa shape index (κ3) is 4.99. The number of hydrazone groups is 1. The number of hydrogen-bond acceptors (Lipinski definition) is 5. The highest BCUT2D eigenvalue weighted by molar-refractivity contribution is 7.92. The van der Waals surface area contributed by atoms with E-state index in [1.54, 1.807) is 61.5 Å². The Morgan fingerprint density at radius 2 is 1.62 bits per heavy atom. The summed E-state index contributed by atoms with van der Waals surface area (Å²) in [5, 5.41) is 13.8. The average Bonchev–Trinajstić information content (AvgIpc) is 2.72. The molecular formula is C21H19N3O4S. The summed E-state index contributed by atoms with van der Waals surface area (Å²) in [5.41, 5.74) is 3.94. The molecule has 0 heterocycles. The first kappa shape index (κ1) is 20.1. The van der Waals surface area contributed by atoms with Gasteiger partial charge in [0.05, 0.1) is 16.2 Å². The normalized spacial score (nSPS) is 11.7. The number of phenolic OH excluding ortho intramolecular Hbond substituents is 1. The van der Waals surface area contributed by atoms with Gasteiger partial charge in [0, 0.05) is 5.69 Å². The smallest absolute Gasteiger partial charge is 0.275 e. The number of sulfonamides is 1. The molecule has 3 aromatic rings. The first-order valence-corrected chi connectivity index (χ1v) is 10.2. The van der Waals surface area contributed by atoms with E-state index in [0.29, 0.717) is 17.0 Å². The van der Waals surface area contributed by atoms with Crippen LogP contribution in [-0.4, -0.2) is 25.1 Å². The lowest BCUT2D eigenvalue weighted by molar-refractivity contribution is 0.0952. The summed E-state index contributed by atoms with van der Waals surface area (Å²) in [6, 6.07) is 20.9. The molecule has 0 spiro atoms. The lowest BCUT2D eigenvalue weighted by Gasteiger charge is -2.10. The molecule has 3 aromatic carbocycles. The van der Waals surface area contributed by atoms with Gasteiger partial charge in [-0.15, -0.1) is 0 Å². The minimum absolute atomic E-state index is 0.105. The molecule has 0 bridgehead atoms. The van der Waals surface area contributed by atoms with Gasteiger partial charge < -0.3 is 5.11 Å². The number of benzene rings is 3. The Labute approximate surface area is 168 Å². The number of carbonyl (C=O) groups is 1. The van der Waals surface area contributed by atoms with E-state index < -0.39 is 15.9 Å². The minimum atomic E-state index is -3.71. The van der Waals surface area contributed by atoms with E-state index in [1.165, 1.54) is 24.3 Å². The first-order chi connectivity index (χ1) is 13.9. The Kier molecular flexibility index (Phi) is 5.94. The lowest BCUT2D eigenvalue weighted by Crippen LogP contribution is -2.19. The van der Waals surface area contributed by atoms with Crippen LogP contribution >= 0.6 is 0 Å². The molecule has 0 saturated carbocycles. The van der Waals surface area contributed by atoms with Crippen molar-refractivity contribution < 1.29 is 18.3 Å². The zero-order valence-corrected chi connectivity index (χ0v) is 16.3. The number of hydrogen-bond donors (Lipinski definition) is 3. The summed E-state index contributed by atoms with van der Waals surface area (Å²) in [6.07, 6.45) is 0. The number of carbonyl (C=O) groups excluding carboxylic acids is 1. The van der Waals surface area contributed by atoms with Crippen LogP contribution in [0.1, 0.15) is 22.8 Å². The highest BCUT2D eigenvalue weighted by Crippen LogP contribution is 2.18. The topological polar surface area (TPSA) is 108 Å². The third-order valence-electron chi connectivity index (χ3n) is 4.06. The van der Waals surface area contributed by atoms with Crippen LogP contribution < -0.4 is 10.1 Å². The van der Waals surface area contributed by atoms with Gasteiger partial charge >= 0.3 is 0 Å². The van der Waals surface area contributed by atoms with Crippen LogP contribution in [0.5, 0.6) is 5.75 Å². The minimum Gasteiger partial charge on any atom is -0.507 e. The molecule has 3 N–H and O–H groups in total. The Balaban J connectivity index is 1.76. The molecule has 0 fully saturated rings. The number of rotatable bonds is 6. The monoisotopic (exact) mass is 409 g/mol. The van der Waals surface area contributed by atoms with Crippen molar-refractivity contribution in [3.63, 3.8) is 0 Å². The van der Waals surface area contributed by atoms with E-state index in [0.717, 1.165) is 0 Å². The molecule has 29 heavy (non-hydrogen) atoms. The Bertz CT molecular complexity index is 1160. The largest absolute Gasteiger partial charge is 0.507 e. The average molecular weight is 409 g/mol. The maximum Gasteiger partial charge on any atom is 0.275 e. The summed E-state index contributed by atoms with van der Waals surface area (Å²) >= 11 is 0. The lowest BCUT2D eigenvalue weighted by atomic mass is 10.1. The maximum absolute atomic E-state index is 12.5. The van der Waals surface area contributed by atoms with Crippen LogP contribution in [0.2, 0.25) is 0 Å². The van der Waals surface area contributed by atoms with Crippen molar-refractivity contribution in [1.29, 1.82) is 0 Å². The van der Waals surface area contributed by atoms with Crippen molar-refractivity contribution in [2.24, 2.45) is 5.10 Å². The van der Waals surface area contributed by atoms with E-state index in [2.05, 4.69) is 15.2 Å². The maximum atomic E-state index is 12.5. The molecule has 0 aliphatic heterocycles. The Morgan fingerprint density at radius 1 is 0.931 bits per heavy atom. The third-order valence-corrected chi connectivity index (χ3v) is 5.46. The van der Waals surface area contributed by atoms with Crippen LogP contribution in [-0.2, 0) is 10.0 Å². The summed E-state index contributed by atoms with van der Waals surface area (Å²) in [5.74, 6) is -0.696. The van der Waals surface area contributed by atoms with Crippen molar-refractivity contribution in [2.45, 2.75) is 11.8 Å². The molecule has 0 aliphatic rings. The number of phenols is 1. The highest BCUT2D eigenvalue weighted by Gasteiger charge is 2.14. The number of amides is 1. The summed E-state index contributed by atoms with van der Waals surface area (Å²) in [7, 11) is -3.71. The van der Waals surface area contributed by atoms with Crippen molar-refractivity contribution in [3.8, 4) is 5.75 Å². The summed E-state index contributed by atoms with van der Waals surface area (Å²) < 4.78 is 27.5. The van der Waals surface area contributed by atoms with E-state index >= 15 is 0 Å². The quantitative estimate of drug-likeness (QED) is 0.429. The predicted octanol–water partition coefficient (Wildman–Crippen LogP) is 3.35. The van der Waals surface area contributed by atoms with Crippen molar-refractivity contribution >= 4 is 27.3 Å². The van der Waals surface area contributed by atoms with Crippen molar-refractivity contribution in [1.82, 2.24) is 5.43 Å². The van der Waals surface area contributed by atoms with E-state index in [1.807, 2.05) is 0 Å². The number of aromatic hydroxyl groups is 1. The SMILES string of the molecule is C/C(=N/NC(=O)c1ccccc1O)c1cccc(NS(=O)(=O)c2ccccc2)c1. The molecule has 0 unspecified atom stereocenters. The second-order valence-corrected chi connectivity index (χ2v) is 7.84. The summed E-state index contributed by atoms with van der Waals surface area (Å²) in [6.45, 7) is 1.68. The van der Waals surface area contributed by atoms with Crippen molar-refractivity contribution in [3.05, 3.63) is 90.0 Å². The fourth-order valence-corrected chi connectivity index (χ4v) is 3.62. The fraction of sp³-hybridized carbons (Fsp3) is 0.0476. The number of anilines is 1. The predicted molar refractivity (Wildman–Crippen MR) is 111 cm³/mol. The van der Waals surface area contributed by atoms with Gasteiger partial charge in [-0.2, -0.15) is 5.10 Å². The van der Waals surface area contributed by atoms with Gasteiger partial charge in [-0.05, 0) is 48.9 Å². The van der Waals surface area contributed by atoms with E-state index in [9.17, 15) is 18.3 Å². The van der Waals surface area contributed by atoms with Gasteiger partial charge in [0.25, 0.3) is 15.9 Å². The van der Waals surface area contributed by atoms with Gasteiger partial charge in [0.1, 0.15) is 5.75 Å². The van der Waals surface area contributed by atoms with Gasteiger partial charge in [-0.3, -0.25) is 9.52 Å². The number of nitrogens with one attached hydrogen (secondary N) is 2. The zero-order chi connectivity index (χ0) is 20.9. The molecule has 8 heteroatoms.